The molecule has 106 valence electrons. The third-order valence-corrected chi connectivity index (χ3v) is 2.56. The molecule has 0 aromatic rings. The summed E-state index contributed by atoms with van der Waals surface area (Å²) < 4.78 is 15.7. The summed E-state index contributed by atoms with van der Waals surface area (Å²) in [5.41, 5.74) is 0. The highest BCUT2D eigenvalue weighted by Crippen LogP contribution is 1.98. The van der Waals surface area contributed by atoms with Crippen LogP contribution >= 0.6 is 0 Å². The van der Waals surface area contributed by atoms with E-state index in [1.807, 2.05) is 6.92 Å². The zero-order chi connectivity index (χ0) is 13.1. The molecular weight excluding hydrogens is 236 g/mol. The molecule has 0 saturated carbocycles. The summed E-state index contributed by atoms with van der Waals surface area (Å²) in [6.07, 6.45) is 1.26. The first-order valence-corrected chi connectivity index (χ1v) is 6.57. The Kier molecular flexibility index (Phi) is 8.54. The fourth-order valence-electron chi connectivity index (χ4n) is 1.68. The van der Waals surface area contributed by atoms with Gasteiger partial charge in [-0.1, -0.05) is 0 Å². The van der Waals surface area contributed by atoms with Crippen LogP contribution in [-0.4, -0.2) is 75.3 Å². The number of hydrogen-bond donors (Lipinski definition) is 1. The van der Waals surface area contributed by atoms with E-state index in [-0.39, 0.29) is 19.3 Å². The summed E-state index contributed by atoms with van der Waals surface area (Å²) in [5.74, 6) is 0. The zero-order valence-corrected chi connectivity index (χ0v) is 11.1. The average molecular weight is 260 g/mol. The number of ether oxygens (including phenoxy) is 3. The highest BCUT2D eigenvalue weighted by Gasteiger charge is 2.09. The van der Waals surface area contributed by atoms with Crippen molar-refractivity contribution in [2.24, 2.45) is 4.99 Å². The number of aliphatic hydroxyl groups excluding tert-OH is 1. The summed E-state index contributed by atoms with van der Waals surface area (Å²) in [6.45, 7) is 7.96. The molecule has 1 rings (SSSR count). The van der Waals surface area contributed by atoms with Crippen molar-refractivity contribution in [2.45, 2.75) is 13.3 Å². The zero-order valence-electron chi connectivity index (χ0n) is 11.1. The number of nitrogens with zero attached hydrogens (tertiary/aromatic N) is 2. The summed E-state index contributed by atoms with van der Waals surface area (Å²) in [6, 6.07) is 0. The Morgan fingerprint density at radius 3 is 2.78 bits per heavy atom. The van der Waals surface area contributed by atoms with Crippen molar-refractivity contribution >= 4 is 6.08 Å². The van der Waals surface area contributed by atoms with E-state index in [4.69, 9.17) is 19.3 Å². The lowest BCUT2D eigenvalue weighted by atomic mass is 10.3. The molecule has 18 heavy (non-hydrogen) atoms. The van der Waals surface area contributed by atoms with Crippen molar-refractivity contribution in [1.82, 2.24) is 4.90 Å². The van der Waals surface area contributed by atoms with Gasteiger partial charge >= 0.3 is 6.08 Å². The van der Waals surface area contributed by atoms with Gasteiger partial charge in [-0.15, -0.1) is 0 Å². The van der Waals surface area contributed by atoms with Crippen molar-refractivity contribution in [3.05, 3.63) is 0 Å². The summed E-state index contributed by atoms with van der Waals surface area (Å²) in [4.78, 5) is 6.61. The van der Waals surface area contributed by atoms with Crippen LogP contribution in [0.5, 0.6) is 0 Å². The van der Waals surface area contributed by atoms with Crippen molar-refractivity contribution in [3.8, 4) is 0 Å². The van der Waals surface area contributed by atoms with E-state index in [0.717, 1.165) is 39.3 Å². The van der Waals surface area contributed by atoms with Gasteiger partial charge in [-0.3, -0.25) is 4.90 Å². The van der Waals surface area contributed by atoms with Crippen LogP contribution in [0.1, 0.15) is 13.3 Å². The minimum absolute atomic E-state index is 0.0279. The number of aliphatic imine (C=N–C) groups is 1. The van der Waals surface area contributed by atoms with Gasteiger partial charge in [-0.2, -0.15) is 0 Å². The van der Waals surface area contributed by atoms with E-state index >= 15 is 0 Å². The van der Waals surface area contributed by atoms with Crippen molar-refractivity contribution in [1.29, 1.82) is 0 Å². The molecule has 1 aliphatic rings. The van der Waals surface area contributed by atoms with Gasteiger partial charge in [0.25, 0.3) is 0 Å². The molecule has 0 aliphatic carbocycles. The van der Waals surface area contributed by atoms with Gasteiger partial charge in [0.1, 0.15) is 6.61 Å². The molecular formula is C12H24N2O4. The topological polar surface area (TPSA) is 63.5 Å². The van der Waals surface area contributed by atoms with E-state index in [1.165, 1.54) is 0 Å². The Hall–Kier alpha value is -0.850. The monoisotopic (exact) mass is 260 g/mol. The first-order chi connectivity index (χ1) is 8.86. The van der Waals surface area contributed by atoms with Crippen LogP contribution in [0.4, 0.5) is 0 Å². The second-order valence-electron chi connectivity index (χ2n) is 3.96. The maximum absolute atomic E-state index is 8.67. The van der Waals surface area contributed by atoms with E-state index in [9.17, 15) is 0 Å². The molecule has 1 heterocycles. The van der Waals surface area contributed by atoms with Crippen molar-refractivity contribution in [3.63, 3.8) is 0 Å². The Labute approximate surface area is 109 Å². The normalized spacial score (nSPS) is 17.8. The largest absolute Gasteiger partial charge is 0.451 e. The lowest BCUT2D eigenvalue weighted by molar-refractivity contribution is 0.0376. The van der Waals surface area contributed by atoms with Crippen molar-refractivity contribution in [2.75, 3.05) is 59.2 Å². The molecule has 0 unspecified atom stereocenters. The van der Waals surface area contributed by atoms with Crippen LogP contribution in [0.25, 0.3) is 0 Å². The molecule has 0 amide bonds. The number of rotatable bonds is 7. The molecule has 1 fully saturated rings. The molecule has 0 spiro atoms. The molecule has 1 N–H and O–H groups in total. The Balaban J connectivity index is 2.14. The first kappa shape index (κ1) is 15.2. The first-order valence-electron chi connectivity index (χ1n) is 6.57. The molecule has 0 radical (unpaired) electrons. The lowest BCUT2D eigenvalue weighted by Gasteiger charge is -2.26. The fourth-order valence-corrected chi connectivity index (χ4v) is 1.68. The van der Waals surface area contributed by atoms with Crippen LogP contribution in [-0.2, 0) is 14.2 Å². The SMILES string of the molecule is CCOC(=NCCCN1CCOCC1)OCCO. The van der Waals surface area contributed by atoms with Crippen LogP contribution < -0.4 is 0 Å². The Morgan fingerprint density at radius 1 is 1.33 bits per heavy atom. The minimum Gasteiger partial charge on any atom is -0.451 e. The molecule has 1 aliphatic heterocycles. The third kappa shape index (κ3) is 6.78. The third-order valence-electron chi connectivity index (χ3n) is 2.56. The summed E-state index contributed by atoms with van der Waals surface area (Å²) in [5, 5.41) is 8.67. The predicted molar refractivity (Wildman–Crippen MR) is 68.8 cm³/mol. The standard InChI is InChI=1S/C12H24N2O4/c1-2-17-12(18-11-8-15)13-4-3-5-14-6-9-16-10-7-14/h15H,2-11H2,1H3. The van der Waals surface area contributed by atoms with Crippen LogP contribution in [0, 0.1) is 0 Å². The highest BCUT2D eigenvalue weighted by atomic mass is 16.7. The number of morpholine rings is 1. The molecule has 0 bridgehead atoms. The molecule has 0 atom stereocenters. The van der Waals surface area contributed by atoms with E-state index in [2.05, 4.69) is 9.89 Å². The Bertz CT molecular complexity index is 230. The lowest BCUT2D eigenvalue weighted by Crippen LogP contribution is -2.37. The van der Waals surface area contributed by atoms with Gasteiger partial charge in [-0.05, 0) is 13.3 Å². The van der Waals surface area contributed by atoms with Crippen LogP contribution in [0.15, 0.2) is 4.99 Å². The smallest absolute Gasteiger partial charge is 0.383 e. The van der Waals surface area contributed by atoms with Crippen LogP contribution in [0.2, 0.25) is 0 Å². The molecule has 6 heteroatoms. The predicted octanol–water partition coefficient (Wildman–Crippen LogP) is 0.110. The van der Waals surface area contributed by atoms with Gasteiger partial charge in [0.05, 0.1) is 26.4 Å². The number of aliphatic hydroxyl groups is 1. The van der Waals surface area contributed by atoms with E-state index < -0.39 is 0 Å². The highest BCUT2D eigenvalue weighted by molar-refractivity contribution is 5.66. The second-order valence-corrected chi connectivity index (χ2v) is 3.96. The summed E-state index contributed by atoms with van der Waals surface area (Å²) in [7, 11) is 0. The van der Waals surface area contributed by atoms with E-state index in [1.54, 1.807) is 0 Å². The van der Waals surface area contributed by atoms with Gasteiger partial charge in [-0.25, -0.2) is 4.99 Å². The summed E-state index contributed by atoms with van der Waals surface area (Å²) >= 11 is 0. The minimum atomic E-state index is -0.0279. The molecule has 6 nitrogen and oxygen atoms in total. The molecule has 1 saturated heterocycles. The quantitative estimate of drug-likeness (QED) is 0.400. The maximum atomic E-state index is 8.67. The molecule has 0 aromatic heterocycles. The maximum Gasteiger partial charge on any atom is 0.383 e. The van der Waals surface area contributed by atoms with E-state index in [0.29, 0.717) is 13.2 Å². The Morgan fingerprint density at radius 2 is 2.11 bits per heavy atom. The van der Waals surface area contributed by atoms with Gasteiger partial charge in [0.15, 0.2) is 0 Å². The van der Waals surface area contributed by atoms with Gasteiger partial charge in [0, 0.05) is 26.2 Å². The fraction of sp³-hybridized carbons (Fsp3) is 0.917. The molecule has 0 aromatic carbocycles. The van der Waals surface area contributed by atoms with Crippen molar-refractivity contribution < 1.29 is 19.3 Å². The average Bonchev–Trinajstić information content (AvgIpc) is 2.42. The van der Waals surface area contributed by atoms with Gasteiger partial charge in [0.2, 0.25) is 0 Å². The van der Waals surface area contributed by atoms with Crippen LogP contribution in [0.3, 0.4) is 0 Å². The number of hydrogen-bond acceptors (Lipinski definition) is 6. The second kappa shape index (κ2) is 10.1. The van der Waals surface area contributed by atoms with Gasteiger partial charge < -0.3 is 19.3 Å².